The zero-order valence-electron chi connectivity index (χ0n) is 13.4. The van der Waals surface area contributed by atoms with Crippen LogP contribution in [0.2, 0.25) is 0 Å². The van der Waals surface area contributed by atoms with Gasteiger partial charge in [-0.25, -0.2) is 4.79 Å². The topological polar surface area (TPSA) is 62.6 Å². The van der Waals surface area contributed by atoms with Gasteiger partial charge >= 0.3 is 6.03 Å². The van der Waals surface area contributed by atoms with Crippen molar-refractivity contribution in [2.45, 2.75) is 31.5 Å². The van der Waals surface area contributed by atoms with Gasteiger partial charge in [0.25, 0.3) is 0 Å². The average molecular weight is 307 g/mol. The van der Waals surface area contributed by atoms with Gasteiger partial charge in [-0.3, -0.25) is 9.58 Å². The summed E-state index contributed by atoms with van der Waals surface area (Å²) < 4.78 is 7.53. The zero-order chi connectivity index (χ0) is 15.5. The zero-order valence-corrected chi connectivity index (χ0v) is 13.4. The molecule has 0 spiro atoms. The Bertz CT molecular complexity index is 510. The fraction of sp³-hybridized carbons (Fsp3) is 0.733. The Kier molecular flexibility index (Phi) is 4.63. The summed E-state index contributed by atoms with van der Waals surface area (Å²) in [6.07, 6.45) is 4.03. The van der Waals surface area contributed by atoms with E-state index in [0.717, 1.165) is 39.1 Å². The van der Waals surface area contributed by atoms with Crippen molar-refractivity contribution in [1.29, 1.82) is 0 Å². The number of amides is 2. The molecule has 1 aromatic heterocycles. The van der Waals surface area contributed by atoms with E-state index in [1.165, 1.54) is 5.69 Å². The molecule has 3 heterocycles. The monoisotopic (exact) mass is 307 g/mol. The lowest BCUT2D eigenvalue weighted by atomic mass is 10.0. The van der Waals surface area contributed by atoms with Gasteiger partial charge in [0.2, 0.25) is 0 Å². The van der Waals surface area contributed by atoms with Crippen molar-refractivity contribution < 1.29 is 9.53 Å². The van der Waals surface area contributed by atoms with E-state index in [1.54, 1.807) is 19.0 Å². The fourth-order valence-electron chi connectivity index (χ4n) is 3.26. The molecule has 7 nitrogen and oxygen atoms in total. The first-order valence-electron chi connectivity index (χ1n) is 7.94. The molecule has 0 aliphatic carbocycles. The number of ether oxygens (including phenoxy) is 1. The van der Waals surface area contributed by atoms with E-state index >= 15 is 0 Å². The minimum absolute atomic E-state index is 0.0584. The minimum atomic E-state index is -0.0584. The molecule has 0 saturated carbocycles. The first kappa shape index (κ1) is 15.3. The van der Waals surface area contributed by atoms with Crippen LogP contribution in [-0.2, 0) is 11.3 Å². The highest BCUT2D eigenvalue weighted by Gasteiger charge is 2.31. The molecule has 0 bridgehead atoms. The Hall–Kier alpha value is -1.60. The second-order valence-electron chi connectivity index (χ2n) is 6.27. The molecule has 0 unspecified atom stereocenters. The average Bonchev–Trinajstić information content (AvgIpc) is 3.01. The minimum Gasteiger partial charge on any atom is -0.381 e. The van der Waals surface area contributed by atoms with Gasteiger partial charge in [0.05, 0.1) is 11.7 Å². The molecule has 1 aromatic rings. The Morgan fingerprint density at radius 3 is 2.95 bits per heavy atom. The number of rotatable bonds is 3. The maximum atomic E-state index is 11.8. The van der Waals surface area contributed by atoms with Crippen molar-refractivity contribution in [3.63, 3.8) is 0 Å². The molecule has 1 saturated heterocycles. The number of fused-ring (bicyclic) bond motifs is 1. The van der Waals surface area contributed by atoms with E-state index in [4.69, 9.17) is 4.74 Å². The van der Waals surface area contributed by atoms with E-state index in [1.807, 2.05) is 6.20 Å². The van der Waals surface area contributed by atoms with Gasteiger partial charge in [0.15, 0.2) is 0 Å². The number of carbonyl (C=O) groups is 1. The van der Waals surface area contributed by atoms with E-state index in [2.05, 4.69) is 26.1 Å². The Morgan fingerprint density at radius 1 is 1.45 bits per heavy atom. The molecular weight excluding hydrogens is 282 g/mol. The first-order chi connectivity index (χ1) is 10.6. The third-order valence-corrected chi connectivity index (χ3v) is 4.51. The molecule has 22 heavy (non-hydrogen) atoms. The summed E-state index contributed by atoms with van der Waals surface area (Å²) >= 11 is 0. The van der Waals surface area contributed by atoms with Gasteiger partial charge in [-0.1, -0.05) is 0 Å². The number of nitrogens with one attached hydrogen (secondary N) is 1. The molecule has 122 valence electrons. The second-order valence-corrected chi connectivity index (χ2v) is 6.27. The van der Waals surface area contributed by atoms with E-state index < -0.39 is 0 Å². The van der Waals surface area contributed by atoms with Gasteiger partial charge in [-0.2, -0.15) is 5.10 Å². The normalized spacial score (nSPS) is 23.1. The summed E-state index contributed by atoms with van der Waals surface area (Å²) in [7, 11) is 3.51. The highest BCUT2D eigenvalue weighted by Crippen LogP contribution is 2.25. The van der Waals surface area contributed by atoms with E-state index in [9.17, 15) is 4.79 Å². The summed E-state index contributed by atoms with van der Waals surface area (Å²) in [5.74, 6) is 0. The van der Waals surface area contributed by atoms with Crippen LogP contribution in [0.1, 0.15) is 24.6 Å². The largest absolute Gasteiger partial charge is 0.381 e. The number of hydrogen-bond donors (Lipinski definition) is 1. The number of carbonyl (C=O) groups excluding carboxylic acids is 1. The van der Waals surface area contributed by atoms with Crippen LogP contribution in [0.3, 0.4) is 0 Å². The Labute approximate surface area is 131 Å². The van der Waals surface area contributed by atoms with Crippen LogP contribution < -0.4 is 5.32 Å². The summed E-state index contributed by atoms with van der Waals surface area (Å²) in [5.41, 5.74) is 1.22. The molecule has 0 radical (unpaired) electrons. The maximum absolute atomic E-state index is 11.8. The van der Waals surface area contributed by atoms with E-state index in [0.29, 0.717) is 12.6 Å². The maximum Gasteiger partial charge on any atom is 0.316 e. The van der Waals surface area contributed by atoms with Crippen molar-refractivity contribution in [2.75, 3.05) is 40.4 Å². The van der Waals surface area contributed by atoms with Crippen molar-refractivity contribution in [2.24, 2.45) is 0 Å². The quantitative estimate of drug-likeness (QED) is 0.892. The predicted octanol–water partition coefficient (Wildman–Crippen LogP) is 0.690. The van der Waals surface area contributed by atoms with Crippen molar-refractivity contribution in [1.82, 2.24) is 24.9 Å². The van der Waals surface area contributed by atoms with Gasteiger partial charge in [0, 0.05) is 59.2 Å². The smallest absolute Gasteiger partial charge is 0.316 e. The number of hydrogen-bond acceptors (Lipinski definition) is 4. The summed E-state index contributed by atoms with van der Waals surface area (Å²) in [4.78, 5) is 15.9. The molecule has 1 fully saturated rings. The van der Waals surface area contributed by atoms with Gasteiger partial charge in [0.1, 0.15) is 0 Å². The Balaban J connectivity index is 1.67. The summed E-state index contributed by atoms with van der Waals surface area (Å²) in [6.45, 7) is 4.16. The van der Waals surface area contributed by atoms with Gasteiger partial charge < -0.3 is 15.0 Å². The highest BCUT2D eigenvalue weighted by atomic mass is 16.5. The van der Waals surface area contributed by atoms with Crippen LogP contribution in [0, 0.1) is 0 Å². The number of urea groups is 1. The SMILES string of the molecule is CN(C)C(=O)NC[C@@H]1CN(C2CCOCC2)Cc2ccnn21. The van der Waals surface area contributed by atoms with Crippen LogP contribution in [-0.4, -0.2) is 72.1 Å². The molecule has 1 atom stereocenters. The van der Waals surface area contributed by atoms with Crippen LogP contribution in [0.25, 0.3) is 0 Å². The number of aromatic nitrogens is 2. The van der Waals surface area contributed by atoms with Gasteiger partial charge in [-0.05, 0) is 18.9 Å². The van der Waals surface area contributed by atoms with Crippen molar-refractivity contribution in [3.05, 3.63) is 18.0 Å². The molecule has 0 aromatic carbocycles. The summed E-state index contributed by atoms with van der Waals surface area (Å²) in [5, 5.41) is 7.42. The fourth-order valence-corrected chi connectivity index (χ4v) is 3.26. The standard InChI is InChI=1S/C15H25N5O2/c1-18(2)15(21)16-9-14-11-19(12-4-7-22-8-5-12)10-13-3-6-17-20(13)14/h3,6,12,14H,4-5,7-11H2,1-2H3,(H,16,21)/t14-/m1/s1. The van der Waals surface area contributed by atoms with Gasteiger partial charge in [-0.15, -0.1) is 0 Å². The van der Waals surface area contributed by atoms with Crippen molar-refractivity contribution >= 4 is 6.03 Å². The van der Waals surface area contributed by atoms with Crippen LogP contribution >= 0.6 is 0 Å². The predicted molar refractivity (Wildman–Crippen MR) is 82.6 cm³/mol. The van der Waals surface area contributed by atoms with E-state index in [-0.39, 0.29) is 12.1 Å². The third kappa shape index (κ3) is 3.25. The van der Waals surface area contributed by atoms with Crippen molar-refractivity contribution in [3.8, 4) is 0 Å². The molecule has 2 aliphatic rings. The first-order valence-corrected chi connectivity index (χ1v) is 7.94. The second kappa shape index (κ2) is 6.66. The Morgan fingerprint density at radius 2 is 2.23 bits per heavy atom. The highest BCUT2D eigenvalue weighted by molar-refractivity contribution is 5.73. The lowest BCUT2D eigenvalue weighted by Crippen LogP contribution is -2.49. The molecule has 7 heteroatoms. The molecule has 3 rings (SSSR count). The molecule has 2 aliphatic heterocycles. The van der Waals surface area contributed by atoms with Crippen LogP contribution in [0.5, 0.6) is 0 Å². The number of nitrogens with zero attached hydrogens (tertiary/aromatic N) is 4. The lowest BCUT2D eigenvalue weighted by molar-refractivity contribution is 0.0167. The molecule has 2 amide bonds. The van der Waals surface area contributed by atoms with Crippen LogP contribution in [0.4, 0.5) is 4.79 Å². The molecular formula is C15H25N5O2. The van der Waals surface area contributed by atoms with Crippen LogP contribution in [0.15, 0.2) is 12.3 Å². The molecule has 1 N–H and O–H groups in total. The lowest BCUT2D eigenvalue weighted by Gasteiger charge is -2.40. The summed E-state index contributed by atoms with van der Waals surface area (Å²) in [6, 6.07) is 2.78. The third-order valence-electron chi connectivity index (χ3n) is 4.51.